The molecule has 2 saturated heterocycles. The van der Waals surface area contributed by atoms with Crippen molar-refractivity contribution in [2.45, 2.75) is 25.3 Å². The summed E-state index contributed by atoms with van der Waals surface area (Å²) in [6, 6.07) is 6.81. The summed E-state index contributed by atoms with van der Waals surface area (Å²) in [5.41, 5.74) is 0.786. The third-order valence-corrected chi connectivity index (χ3v) is 4.54. The number of amides is 2. The zero-order valence-electron chi connectivity index (χ0n) is 12.8. The molecule has 5 nitrogen and oxygen atoms in total. The summed E-state index contributed by atoms with van der Waals surface area (Å²) in [5, 5.41) is 6.73. The molecule has 3 rings (SSSR count). The first-order chi connectivity index (χ1) is 10.6. The molecule has 1 aromatic rings. The van der Waals surface area contributed by atoms with Gasteiger partial charge < -0.3 is 15.5 Å². The minimum absolute atomic E-state index is 0. The predicted molar refractivity (Wildman–Crippen MR) is 93.2 cm³/mol. The second kappa shape index (κ2) is 7.99. The SMILES string of the molecule is Cl.O=C(NC1CCN(c2cccc(Cl)c2)C1=O)C1CCCNC1. The lowest BCUT2D eigenvalue weighted by Gasteiger charge is -2.23. The normalized spacial score (nSPS) is 24.2. The van der Waals surface area contributed by atoms with Gasteiger partial charge in [-0.1, -0.05) is 17.7 Å². The summed E-state index contributed by atoms with van der Waals surface area (Å²) in [4.78, 5) is 26.4. The van der Waals surface area contributed by atoms with Gasteiger partial charge in [-0.3, -0.25) is 9.59 Å². The second-order valence-electron chi connectivity index (χ2n) is 5.86. The van der Waals surface area contributed by atoms with Gasteiger partial charge in [-0.2, -0.15) is 0 Å². The predicted octanol–water partition coefficient (Wildman–Crippen LogP) is 1.98. The number of hydrogen-bond acceptors (Lipinski definition) is 3. The Morgan fingerprint density at radius 3 is 2.87 bits per heavy atom. The smallest absolute Gasteiger partial charge is 0.249 e. The molecule has 0 aromatic heterocycles. The van der Waals surface area contributed by atoms with Crippen molar-refractivity contribution in [2.75, 3.05) is 24.5 Å². The molecule has 2 unspecified atom stereocenters. The highest BCUT2D eigenvalue weighted by Gasteiger charge is 2.35. The van der Waals surface area contributed by atoms with Crippen molar-refractivity contribution in [3.05, 3.63) is 29.3 Å². The molecule has 2 N–H and O–H groups in total. The molecule has 2 aliphatic rings. The zero-order chi connectivity index (χ0) is 15.5. The first-order valence-electron chi connectivity index (χ1n) is 7.73. The molecule has 0 saturated carbocycles. The van der Waals surface area contributed by atoms with Crippen LogP contribution in [0.15, 0.2) is 24.3 Å². The van der Waals surface area contributed by atoms with Crippen LogP contribution < -0.4 is 15.5 Å². The fourth-order valence-electron chi connectivity index (χ4n) is 3.08. The van der Waals surface area contributed by atoms with Crippen LogP contribution in [-0.4, -0.2) is 37.5 Å². The van der Waals surface area contributed by atoms with Crippen molar-refractivity contribution in [3.63, 3.8) is 0 Å². The van der Waals surface area contributed by atoms with Crippen LogP contribution in [0, 0.1) is 5.92 Å². The van der Waals surface area contributed by atoms with E-state index in [1.54, 1.807) is 17.0 Å². The maximum atomic E-state index is 12.5. The monoisotopic (exact) mass is 357 g/mol. The summed E-state index contributed by atoms with van der Waals surface area (Å²) < 4.78 is 0. The van der Waals surface area contributed by atoms with Crippen LogP contribution in [0.2, 0.25) is 5.02 Å². The molecule has 7 heteroatoms. The average Bonchev–Trinajstić information content (AvgIpc) is 2.89. The Hall–Kier alpha value is -1.30. The van der Waals surface area contributed by atoms with E-state index in [9.17, 15) is 9.59 Å². The average molecular weight is 358 g/mol. The Morgan fingerprint density at radius 1 is 1.35 bits per heavy atom. The zero-order valence-corrected chi connectivity index (χ0v) is 14.3. The minimum atomic E-state index is -0.423. The van der Waals surface area contributed by atoms with Crippen LogP contribution in [0.1, 0.15) is 19.3 Å². The van der Waals surface area contributed by atoms with Crippen LogP contribution in [0.5, 0.6) is 0 Å². The van der Waals surface area contributed by atoms with Crippen molar-refractivity contribution in [1.82, 2.24) is 10.6 Å². The number of nitrogens with zero attached hydrogens (tertiary/aromatic N) is 1. The molecule has 23 heavy (non-hydrogen) atoms. The third kappa shape index (κ3) is 4.16. The van der Waals surface area contributed by atoms with E-state index in [0.29, 0.717) is 24.5 Å². The Balaban J connectivity index is 0.00000192. The van der Waals surface area contributed by atoms with E-state index in [0.717, 1.165) is 25.1 Å². The highest BCUT2D eigenvalue weighted by molar-refractivity contribution is 6.31. The van der Waals surface area contributed by atoms with E-state index in [2.05, 4.69) is 10.6 Å². The first-order valence-corrected chi connectivity index (χ1v) is 8.11. The van der Waals surface area contributed by atoms with Gasteiger partial charge in [0.2, 0.25) is 11.8 Å². The Morgan fingerprint density at radius 2 is 2.17 bits per heavy atom. The fourth-order valence-corrected chi connectivity index (χ4v) is 3.26. The number of benzene rings is 1. The summed E-state index contributed by atoms with van der Waals surface area (Å²) in [6.07, 6.45) is 2.53. The van der Waals surface area contributed by atoms with Crippen LogP contribution in [-0.2, 0) is 9.59 Å². The number of hydrogen-bond donors (Lipinski definition) is 2. The van der Waals surface area contributed by atoms with Crippen molar-refractivity contribution < 1.29 is 9.59 Å². The van der Waals surface area contributed by atoms with Gasteiger partial charge in [0.1, 0.15) is 6.04 Å². The standard InChI is InChI=1S/C16H20ClN3O2.ClH/c17-12-4-1-5-13(9-12)20-8-6-14(16(20)22)19-15(21)11-3-2-7-18-10-11;/h1,4-5,9,11,14,18H,2-3,6-8,10H2,(H,19,21);1H. The molecule has 0 bridgehead atoms. The lowest BCUT2D eigenvalue weighted by molar-refractivity contribution is -0.129. The van der Waals surface area contributed by atoms with Gasteiger partial charge in [0.25, 0.3) is 0 Å². The maximum Gasteiger partial charge on any atom is 0.249 e. The van der Waals surface area contributed by atoms with Crippen molar-refractivity contribution in [2.24, 2.45) is 5.92 Å². The summed E-state index contributed by atoms with van der Waals surface area (Å²) in [5.74, 6) is -0.0975. The quantitative estimate of drug-likeness (QED) is 0.869. The number of nitrogens with one attached hydrogen (secondary N) is 2. The molecule has 0 aliphatic carbocycles. The number of carbonyl (C=O) groups excluding carboxylic acids is 2. The summed E-state index contributed by atoms with van der Waals surface area (Å²) >= 11 is 5.98. The lowest BCUT2D eigenvalue weighted by Crippen LogP contribution is -2.47. The number of carbonyl (C=O) groups is 2. The highest BCUT2D eigenvalue weighted by Crippen LogP contribution is 2.24. The molecular formula is C16H21Cl2N3O2. The maximum absolute atomic E-state index is 12.5. The van der Waals surface area contributed by atoms with Gasteiger partial charge in [0.15, 0.2) is 0 Å². The molecule has 0 spiro atoms. The Labute approximate surface area is 147 Å². The van der Waals surface area contributed by atoms with Crippen LogP contribution in [0.25, 0.3) is 0 Å². The summed E-state index contributed by atoms with van der Waals surface area (Å²) in [6.45, 7) is 2.27. The number of rotatable bonds is 3. The molecular weight excluding hydrogens is 337 g/mol. The second-order valence-corrected chi connectivity index (χ2v) is 6.30. The van der Waals surface area contributed by atoms with Crippen molar-refractivity contribution in [1.29, 1.82) is 0 Å². The van der Waals surface area contributed by atoms with E-state index in [1.165, 1.54) is 0 Å². The van der Waals surface area contributed by atoms with Gasteiger partial charge in [-0.15, -0.1) is 12.4 Å². The lowest BCUT2D eigenvalue weighted by atomic mass is 9.98. The Kier molecular flexibility index (Phi) is 6.27. The molecule has 2 fully saturated rings. The number of halogens is 2. The molecule has 2 amide bonds. The molecule has 126 valence electrons. The van der Waals surface area contributed by atoms with E-state index in [1.807, 2.05) is 12.1 Å². The van der Waals surface area contributed by atoms with Crippen LogP contribution in [0.3, 0.4) is 0 Å². The van der Waals surface area contributed by atoms with Gasteiger partial charge in [0.05, 0.1) is 5.92 Å². The van der Waals surface area contributed by atoms with Crippen LogP contribution in [0.4, 0.5) is 5.69 Å². The largest absolute Gasteiger partial charge is 0.344 e. The molecule has 2 heterocycles. The molecule has 2 aliphatic heterocycles. The van der Waals surface area contributed by atoms with Crippen LogP contribution >= 0.6 is 24.0 Å². The van der Waals surface area contributed by atoms with Crippen molar-refractivity contribution in [3.8, 4) is 0 Å². The fraction of sp³-hybridized carbons (Fsp3) is 0.500. The van der Waals surface area contributed by atoms with E-state index in [4.69, 9.17) is 11.6 Å². The Bertz CT molecular complexity index is 576. The molecule has 2 atom stereocenters. The first kappa shape index (κ1) is 18.0. The van der Waals surface area contributed by atoms with Gasteiger partial charge >= 0.3 is 0 Å². The molecule has 1 aromatic carbocycles. The number of anilines is 1. The highest BCUT2D eigenvalue weighted by atomic mass is 35.5. The molecule has 0 radical (unpaired) electrons. The van der Waals surface area contributed by atoms with E-state index >= 15 is 0 Å². The van der Waals surface area contributed by atoms with E-state index < -0.39 is 6.04 Å². The van der Waals surface area contributed by atoms with E-state index in [-0.39, 0.29) is 30.1 Å². The minimum Gasteiger partial charge on any atom is -0.344 e. The number of piperidine rings is 1. The topological polar surface area (TPSA) is 61.4 Å². The van der Waals surface area contributed by atoms with Gasteiger partial charge in [-0.25, -0.2) is 0 Å². The van der Waals surface area contributed by atoms with Crippen molar-refractivity contribution >= 4 is 41.5 Å². The summed E-state index contributed by atoms with van der Waals surface area (Å²) in [7, 11) is 0. The van der Waals surface area contributed by atoms with Gasteiger partial charge in [-0.05, 0) is 44.0 Å². The third-order valence-electron chi connectivity index (χ3n) is 4.31. The van der Waals surface area contributed by atoms with Gasteiger partial charge in [0, 0.05) is 23.8 Å².